The molecule has 0 spiro atoms. The van der Waals surface area contributed by atoms with Crippen molar-refractivity contribution in [3.8, 4) is 0 Å². The van der Waals surface area contributed by atoms with E-state index >= 15 is 0 Å². The second kappa shape index (κ2) is 7.80. The molecule has 0 saturated heterocycles. The van der Waals surface area contributed by atoms with Crippen molar-refractivity contribution in [1.82, 2.24) is 5.32 Å². The lowest BCUT2D eigenvalue weighted by Crippen LogP contribution is -2.30. The minimum absolute atomic E-state index is 0.114. The Kier molecular flexibility index (Phi) is 5.29. The average Bonchev–Trinajstić information content (AvgIpc) is 2.63. The maximum absolute atomic E-state index is 12.6. The Morgan fingerprint density at radius 2 is 1.42 bits per heavy atom. The number of halogens is 1. The van der Waals surface area contributed by atoms with Crippen LogP contribution in [0.2, 0.25) is 5.02 Å². The molecule has 1 unspecified atom stereocenters. The molecule has 120 valence electrons. The Balaban J connectivity index is 1.85. The zero-order chi connectivity index (χ0) is 16.8. The molecular formula is C21H18ClNO. The van der Waals surface area contributed by atoms with Gasteiger partial charge in [-0.1, -0.05) is 84.4 Å². The lowest BCUT2D eigenvalue weighted by atomic mass is 9.98. The first kappa shape index (κ1) is 16.3. The summed E-state index contributed by atoms with van der Waals surface area (Å²) in [6.07, 6.45) is 0.723. The fourth-order valence-electron chi connectivity index (χ4n) is 2.67. The monoisotopic (exact) mass is 335 g/mol. The predicted octanol–water partition coefficient (Wildman–Crippen LogP) is 5.05. The number of hydrogen-bond acceptors (Lipinski definition) is 1. The third-order valence-electron chi connectivity index (χ3n) is 3.91. The van der Waals surface area contributed by atoms with Crippen LogP contribution in [0, 0.1) is 0 Å². The molecule has 1 amide bonds. The minimum Gasteiger partial charge on any atom is -0.345 e. The first-order valence-electron chi connectivity index (χ1n) is 7.88. The third kappa shape index (κ3) is 4.03. The van der Waals surface area contributed by atoms with Crippen LogP contribution < -0.4 is 5.32 Å². The van der Waals surface area contributed by atoms with E-state index in [0.29, 0.717) is 10.6 Å². The van der Waals surface area contributed by atoms with Gasteiger partial charge < -0.3 is 5.32 Å². The molecule has 0 aliphatic heterocycles. The van der Waals surface area contributed by atoms with Crippen molar-refractivity contribution in [2.45, 2.75) is 12.5 Å². The van der Waals surface area contributed by atoms with Gasteiger partial charge in [-0.15, -0.1) is 0 Å². The molecular weight excluding hydrogens is 318 g/mol. The molecule has 3 aromatic carbocycles. The number of rotatable bonds is 5. The van der Waals surface area contributed by atoms with E-state index in [1.165, 1.54) is 5.56 Å². The van der Waals surface area contributed by atoms with Gasteiger partial charge >= 0.3 is 0 Å². The van der Waals surface area contributed by atoms with Crippen molar-refractivity contribution in [3.05, 3.63) is 107 Å². The molecule has 0 radical (unpaired) electrons. The van der Waals surface area contributed by atoms with Crippen molar-refractivity contribution in [2.24, 2.45) is 0 Å². The van der Waals surface area contributed by atoms with Crippen molar-refractivity contribution in [3.63, 3.8) is 0 Å². The Morgan fingerprint density at radius 3 is 2.08 bits per heavy atom. The summed E-state index contributed by atoms with van der Waals surface area (Å²) in [4.78, 5) is 12.6. The number of carbonyl (C=O) groups excluding carboxylic acids is 1. The van der Waals surface area contributed by atoms with Gasteiger partial charge in [0.15, 0.2) is 0 Å². The summed E-state index contributed by atoms with van der Waals surface area (Å²) >= 11 is 6.15. The molecule has 0 aromatic heterocycles. The summed E-state index contributed by atoms with van der Waals surface area (Å²) < 4.78 is 0. The van der Waals surface area contributed by atoms with Crippen LogP contribution in [-0.4, -0.2) is 5.91 Å². The van der Waals surface area contributed by atoms with Gasteiger partial charge in [-0.3, -0.25) is 4.79 Å². The van der Waals surface area contributed by atoms with Crippen LogP contribution in [0.5, 0.6) is 0 Å². The largest absolute Gasteiger partial charge is 0.345 e. The summed E-state index contributed by atoms with van der Waals surface area (Å²) in [5.74, 6) is -0.162. The minimum atomic E-state index is -0.162. The van der Waals surface area contributed by atoms with Crippen LogP contribution in [-0.2, 0) is 6.42 Å². The number of nitrogens with one attached hydrogen (secondary N) is 1. The van der Waals surface area contributed by atoms with E-state index in [4.69, 9.17) is 11.6 Å². The van der Waals surface area contributed by atoms with E-state index in [2.05, 4.69) is 17.4 Å². The molecule has 1 N–H and O–H groups in total. The maximum atomic E-state index is 12.6. The third-order valence-corrected chi connectivity index (χ3v) is 4.24. The van der Waals surface area contributed by atoms with E-state index in [1.807, 2.05) is 60.7 Å². The molecule has 24 heavy (non-hydrogen) atoms. The average molecular weight is 336 g/mol. The van der Waals surface area contributed by atoms with Gasteiger partial charge in [0.1, 0.15) is 0 Å². The molecule has 3 aromatic rings. The summed E-state index contributed by atoms with van der Waals surface area (Å²) in [5, 5.41) is 3.58. The summed E-state index contributed by atoms with van der Waals surface area (Å²) in [5.41, 5.74) is 2.74. The number of amides is 1. The fourth-order valence-corrected chi connectivity index (χ4v) is 2.89. The smallest absolute Gasteiger partial charge is 0.253 e. The summed E-state index contributed by atoms with van der Waals surface area (Å²) in [7, 11) is 0. The standard InChI is InChI=1S/C21H18ClNO/c22-19-14-8-7-13-18(19)21(24)23-20(17-11-5-2-6-12-17)15-16-9-3-1-4-10-16/h1-14,20H,15H2,(H,23,24). The van der Waals surface area contributed by atoms with Gasteiger partial charge in [0, 0.05) is 0 Å². The van der Waals surface area contributed by atoms with E-state index in [-0.39, 0.29) is 11.9 Å². The highest BCUT2D eigenvalue weighted by Crippen LogP contribution is 2.21. The van der Waals surface area contributed by atoms with Crippen LogP contribution >= 0.6 is 11.6 Å². The highest BCUT2D eigenvalue weighted by molar-refractivity contribution is 6.33. The molecule has 3 rings (SSSR count). The lowest BCUT2D eigenvalue weighted by Gasteiger charge is -2.20. The van der Waals surface area contributed by atoms with Gasteiger partial charge in [-0.05, 0) is 29.7 Å². The van der Waals surface area contributed by atoms with E-state index in [1.54, 1.807) is 12.1 Å². The van der Waals surface area contributed by atoms with Gasteiger partial charge in [0.25, 0.3) is 5.91 Å². The van der Waals surface area contributed by atoms with Crippen LogP contribution in [0.15, 0.2) is 84.9 Å². The van der Waals surface area contributed by atoms with Crippen molar-refractivity contribution in [2.75, 3.05) is 0 Å². The molecule has 0 bridgehead atoms. The Labute approximate surface area is 147 Å². The molecule has 3 heteroatoms. The normalized spacial score (nSPS) is 11.7. The maximum Gasteiger partial charge on any atom is 0.253 e. The molecule has 1 atom stereocenters. The van der Waals surface area contributed by atoms with E-state index in [9.17, 15) is 4.79 Å². The second-order valence-corrected chi connectivity index (χ2v) is 6.01. The van der Waals surface area contributed by atoms with Gasteiger partial charge in [-0.2, -0.15) is 0 Å². The van der Waals surface area contributed by atoms with Gasteiger partial charge in [-0.25, -0.2) is 0 Å². The molecule has 0 aliphatic rings. The molecule has 0 aliphatic carbocycles. The van der Waals surface area contributed by atoms with Crippen molar-refractivity contribution in [1.29, 1.82) is 0 Å². The van der Waals surface area contributed by atoms with Crippen LogP contribution in [0.4, 0.5) is 0 Å². The van der Waals surface area contributed by atoms with Crippen LogP contribution in [0.1, 0.15) is 27.5 Å². The molecule has 2 nitrogen and oxygen atoms in total. The summed E-state index contributed by atoms with van der Waals surface area (Å²) in [6, 6.07) is 27.1. The Bertz CT molecular complexity index is 802. The zero-order valence-electron chi connectivity index (χ0n) is 13.2. The predicted molar refractivity (Wildman–Crippen MR) is 98.2 cm³/mol. The SMILES string of the molecule is O=C(NC(Cc1ccccc1)c1ccccc1)c1ccccc1Cl. The quantitative estimate of drug-likeness (QED) is 0.694. The number of hydrogen-bond donors (Lipinski definition) is 1. The van der Waals surface area contributed by atoms with Gasteiger partial charge in [0.2, 0.25) is 0 Å². The van der Waals surface area contributed by atoms with Crippen LogP contribution in [0.25, 0.3) is 0 Å². The van der Waals surface area contributed by atoms with E-state index < -0.39 is 0 Å². The Hall–Kier alpha value is -2.58. The molecule has 0 saturated carbocycles. The number of carbonyl (C=O) groups is 1. The Morgan fingerprint density at radius 1 is 0.833 bits per heavy atom. The topological polar surface area (TPSA) is 29.1 Å². The lowest BCUT2D eigenvalue weighted by molar-refractivity contribution is 0.0936. The first-order chi connectivity index (χ1) is 11.7. The van der Waals surface area contributed by atoms with E-state index in [0.717, 1.165) is 12.0 Å². The molecule has 0 fully saturated rings. The highest BCUT2D eigenvalue weighted by atomic mass is 35.5. The molecule has 0 heterocycles. The summed E-state index contributed by atoms with van der Waals surface area (Å²) in [6.45, 7) is 0. The second-order valence-electron chi connectivity index (χ2n) is 5.61. The first-order valence-corrected chi connectivity index (χ1v) is 8.26. The fraction of sp³-hybridized carbons (Fsp3) is 0.0952. The zero-order valence-corrected chi connectivity index (χ0v) is 13.9. The number of benzene rings is 3. The van der Waals surface area contributed by atoms with Crippen LogP contribution in [0.3, 0.4) is 0 Å². The highest BCUT2D eigenvalue weighted by Gasteiger charge is 2.17. The van der Waals surface area contributed by atoms with Gasteiger partial charge in [0.05, 0.1) is 16.6 Å². The van der Waals surface area contributed by atoms with Crippen molar-refractivity contribution >= 4 is 17.5 Å². The van der Waals surface area contributed by atoms with Crippen molar-refractivity contribution < 1.29 is 4.79 Å².